The van der Waals surface area contributed by atoms with Crippen LogP contribution in [0.1, 0.15) is 33.9 Å². The van der Waals surface area contributed by atoms with E-state index in [1.54, 1.807) is 0 Å². The molecular weight excluding hydrogens is 1670 g/mol. The van der Waals surface area contributed by atoms with Crippen LogP contribution < -0.4 is 23.7 Å². The lowest BCUT2D eigenvalue weighted by molar-refractivity contribution is -0.364. The lowest BCUT2D eigenvalue weighted by Gasteiger charge is -2.46. The second kappa shape index (κ2) is 40.5. The van der Waals surface area contributed by atoms with Gasteiger partial charge in [0.15, 0.2) is 76.4 Å². The van der Waals surface area contributed by atoms with E-state index in [0.29, 0.717) is 0 Å². The fourth-order valence-corrected chi connectivity index (χ4v) is 14.0. The van der Waals surface area contributed by atoms with E-state index >= 15 is 0 Å². The van der Waals surface area contributed by atoms with Gasteiger partial charge >= 0.3 is 17.9 Å². The number of carbonyl (C=O) groups is 3. The summed E-state index contributed by atoms with van der Waals surface area (Å²) < 4.78 is 96.9. The van der Waals surface area contributed by atoms with Gasteiger partial charge in [-0.15, -0.1) is 0 Å². The van der Waals surface area contributed by atoms with Gasteiger partial charge in [0.05, 0.1) is 51.8 Å². The second-order valence-electron chi connectivity index (χ2n) is 29.2. The van der Waals surface area contributed by atoms with Gasteiger partial charge in [0.1, 0.15) is 152 Å². The molecule has 124 heavy (non-hydrogen) atoms. The van der Waals surface area contributed by atoms with Crippen LogP contribution in [-0.2, 0) is 66.5 Å². The minimum Gasteiger partial charge on any atom is -0.571 e. The van der Waals surface area contributed by atoms with Crippen LogP contribution in [0.25, 0.3) is 24.3 Å². The number of carbonyl (C=O) groups excluding carboxylic acids is 3. The first-order valence-corrected chi connectivity index (χ1v) is 38.1. The van der Waals surface area contributed by atoms with Gasteiger partial charge in [0.2, 0.25) is 31.5 Å². The van der Waals surface area contributed by atoms with Gasteiger partial charge in [0, 0.05) is 30.4 Å². The zero-order chi connectivity index (χ0) is 89.6. The van der Waals surface area contributed by atoms with Gasteiger partial charge < -0.3 is 208 Å². The zero-order valence-electron chi connectivity index (χ0n) is 64.6. The number of phenols is 5. The summed E-state index contributed by atoms with van der Waals surface area (Å²) in [5.41, 5.74) is 0.174. The zero-order valence-corrected chi connectivity index (χ0v) is 64.6. The summed E-state index contributed by atoms with van der Waals surface area (Å²) in [5, 5.41) is 268. The first-order valence-electron chi connectivity index (χ1n) is 38.1. The highest BCUT2D eigenvalue weighted by atomic mass is 16.8. The third-order valence-corrected chi connectivity index (χ3v) is 20.9. The minimum absolute atomic E-state index is 0.0302. The highest BCUT2D eigenvalue weighted by Crippen LogP contribution is 2.49. The number of phenolic OH excluding ortho intramolecular Hbond substituents is 5. The Morgan fingerprint density at radius 2 is 0.750 bits per heavy atom. The predicted molar refractivity (Wildman–Crippen MR) is 403 cm³/mol. The average molecular weight is 1760 g/mol. The van der Waals surface area contributed by atoms with Gasteiger partial charge in [-0.05, 0) is 89.5 Å². The third kappa shape index (κ3) is 20.7. The van der Waals surface area contributed by atoms with Crippen LogP contribution in [-0.4, -0.2) is 381 Å². The van der Waals surface area contributed by atoms with Crippen molar-refractivity contribution in [3.05, 3.63) is 137 Å². The summed E-state index contributed by atoms with van der Waals surface area (Å²) >= 11 is 0. The second-order valence-corrected chi connectivity index (χ2v) is 29.2. The number of aromatic hydroxyl groups is 6. The van der Waals surface area contributed by atoms with Crippen molar-refractivity contribution in [3.63, 3.8) is 0 Å². The highest BCUT2D eigenvalue weighted by Gasteiger charge is 2.56. The van der Waals surface area contributed by atoms with Crippen molar-refractivity contribution in [2.24, 2.45) is 0 Å². The number of fused-ring (bicyclic) bond motifs is 1. The molecule has 0 spiro atoms. The molecule has 1 unspecified atom stereocenters. The van der Waals surface area contributed by atoms with Gasteiger partial charge in [-0.1, -0.05) is 18.2 Å². The van der Waals surface area contributed by atoms with E-state index in [4.69, 9.17) is 80.5 Å². The van der Waals surface area contributed by atoms with Crippen molar-refractivity contribution in [1.29, 1.82) is 0 Å². The normalized spacial score (nSPS) is 35.0. The SMILES string of the molecule is COc1cc(C2[OH+]c3cc(O)cc(O[C@@H]4O[C@H](CO)[C@@H](O)[C@H](O)[C@H]4O)c3C=C2O[C@@H]2O[C@H](COC(=O)/C=C/c3ccc(O[C@@H]4O[C@H](CO)[C@@H](O)[C@H](O)[C@H]4OC(=O)/C=C/c4ccc(O)c(O[C@@H]5O[C@H](CO)[C@@H](O)[C@H](O)[C@H]5O)c4)c(O)c3)[C@@H](O)[C@H](O)[C@H]2O[C@@H]2O[C@H](CO)[C@@H](O)[C@H](O)[C@H]2OC(=O)/C=C/c2ccc(O)c(O[C@@H]3O[C@H](CO)[C@@H](O)[C@H](O)[C@H]3O)c2)ccc1O. The number of aliphatic hydroxyl groups is 21. The number of methoxy groups -OCH3 is 1. The number of esters is 3. The van der Waals surface area contributed by atoms with Crippen molar-refractivity contribution < 1.29 is 223 Å². The molecule has 26 N–H and O–H groups in total. The Morgan fingerprint density at radius 3 is 1.23 bits per heavy atom. The number of hydrogen-bond acceptors (Lipinski definition) is 44. The molecule has 6 fully saturated rings. The molecule has 7 heterocycles. The van der Waals surface area contributed by atoms with E-state index in [0.717, 1.165) is 85.0 Å². The maximum Gasteiger partial charge on any atom is 0.331 e. The molecule has 5 aromatic carbocycles. The van der Waals surface area contributed by atoms with E-state index in [-0.39, 0.29) is 56.6 Å². The topological polar surface area (TPSA) is 717 Å². The average Bonchev–Trinajstić information content (AvgIpc) is 0.756. The number of hydrogen-bond donors (Lipinski definition) is 25. The van der Waals surface area contributed by atoms with Gasteiger partial charge in [-0.25, -0.2) is 14.4 Å². The molecule has 31 atom stereocenters. The van der Waals surface area contributed by atoms with E-state index in [2.05, 4.69) is 0 Å². The van der Waals surface area contributed by atoms with Crippen LogP contribution >= 0.6 is 0 Å². The summed E-state index contributed by atoms with van der Waals surface area (Å²) in [6.07, 6.45) is -51.9. The number of ether oxygens (including phenoxy) is 17. The monoisotopic (exact) mass is 1760 g/mol. The van der Waals surface area contributed by atoms with Crippen LogP contribution in [0, 0.1) is 0 Å². The highest BCUT2D eigenvalue weighted by molar-refractivity contribution is 5.88. The Balaban J connectivity index is 0.793. The Morgan fingerprint density at radius 1 is 0.363 bits per heavy atom. The lowest BCUT2D eigenvalue weighted by atomic mass is 9.96. The summed E-state index contributed by atoms with van der Waals surface area (Å²) in [7, 11) is 1.21. The molecule has 0 aromatic heterocycles. The molecule has 0 saturated carbocycles. The molecule has 6 saturated heterocycles. The Hall–Kier alpha value is -10.0. The van der Waals surface area contributed by atoms with Gasteiger partial charge in [0.25, 0.3) is 11.9 Å². The van der Waals surface area contributed by atoms with Gasteiger partial charge in [-0.2, -0.15) is 0 Å². The van der Waals surface area contributed by atoms with E-state index in [1.165, 1.54) is 49.6 Å². The molecule has 12 rings (SSSR count). The largest absolute Gasteiger partial charge is 0.571 e. The molecular formula is C79H93O45+. The van der Waals surface area contributed by atoms with E-state index < -0.39 is 288 Å². The Bertz CT molecular complexity index is 4610. The maximum absolute atomic E-state index is 13.9. The quantitative estimate of drug-likeness (QED) is 0.00915. The van der Waals surface area contributed by atoms with Crippen LogP contribution in [0.5, 0.6) is 63.2 Å². The molecule has 7 aliphatic rings. The first-order chi connectivity index (χ1) is 59.1. The molecule has 45 heteroatoms. The molecule has 7 aliphatic heterocycles. The molecule has 45 nitrogen and oxygen atoms in total. The first kappa shape index (κ1) is 93.2. The van der Waals surface area contributed by atoms with Crippen LogP contribution in [0.3, 0.4) is 0 Å². The lowest BCUT2D eigenvalue weighted by Crippen LogP contribution is -2.65. The van der Waals surface area contributed by atoms with Crippen LogP contribution in [0.2, 0.25) is 0 Å². The van der Waals surface area contributed by atoms with E-state index in [9.17, 15) is 142 Å². The molecule has 0 amide bonds. The van der Waals surface area contributed by atoms with Crippen molar-refractivity contribution >= 4 is 42.2 Å². The molecule has 0 radical (unpaired) electrons. The predicted octanol–water partition coefficient (Wildman–Crippen LogP) is -7.29. The van der Waals surface area contributed by atoms with Crippen molar-refractivity contribution in [3.8, 4) is 63.2 Å². The summed E-state index contributed by atoms with van der Waals surface area (Å²) in [4.78, 5) is 41.1. The molecule has 0 aliphatic carbocycles. The van der Waals surface area contributed by atoms with Crippen molar-refractivity contribution in [2.75, 3.05) is 46.8 Å². The summed E-state index contributed by atoms with van der Waals surface area (Å²) in [6, 6.07) is 16.4. The number of benzene rings is 5. The Kier molecular flexibility index (Phi) is 30.4. The number of aliphatic hydroxyl groups excluding tert-OH is 20. The smallest absolute Gasteiger partial charge is 0.331 e. The maximum atomic E-state index is 13.9. The van der Waals surface area contributed by atoms with E-state index in [1.807, 2.05) is 0 Å². The third-order valence-electron chi connectivity index (χ3n) is 20.9. The summed E-state index contributed by atoms with van der Waals surface area (Å²) in [6.45, 7) is -5.48. The van der Waals surface area contributed by atoms with Crippen molar-refractivity contribution in [2.45, 2.75) is 190 Å². The molecule has 5 aromatic rings. The molecule has 678 valence electrons. The summed E-state index contributed by atoms with van der Waals surface area (Å²) in [5.74, 6) is -8.73. The molecule has 0 bridgehead atoms. The standard InChI is InChI=1S/C79H92O45/c1-108-42-19-32(8-11-35(42)86)70-45(22-34-40(110-70)20-33(85)21-41(34)112-74-67(105)61(99)55(93)46(23-80)116-74)115-78-73(124-79-72(65(103)59(97)50(27-84)120-79)123-54(92)15-7-31-3-10-37(88)44(18-31)114-76-69(107)63(101)57(95)48(25-82)118-76)66(104)60(98)51(121-78)28-109-52(90)13-5-29-4-12-39(38(89)16-29)111-77-71(64(102)58(96)49(26-83)119-77)122-53(91)14-6-30-2-9-36(87)43(17-30)113-75-68(106)62(100)56(94)47(24-81)117-75/h2-22,46-51,55-89,93-107H,23-28H2,1H3/p+1/b13-5+,14-6+,15-7+/t46-,47-,48-,49-,50-,51-,55-,56-,57-,58-,59-,60-,61+,62+,63+,64+,65+,66+,67-,68-,69-,70?,71-,72-,73-,74-,75-,76-,77-,78-,79+/m1/s1. The Labute approximate surface area is 699 Å². The van der Waals surface area contributed by atoms with Gasteiger partial charge in [-0.3, -0.25) is 0 Å². The minimum atomic E-state index is -2.36. The fraction of sp³-hybridized carbons (Fsp3) is 0.481. The van der Waals surface area contributed by atoms with Crippen LogP contribution in [0.15, 0.2) is 109 Å². The van der Waals surface area contributed by atoms with Crippen LogP contribution in [0.4, 0.5) is 0 Å². The fourth-order valence-electron chi connectivity index (χ4n) is 14.0. The number of rotatable bonds is 29. The van der Waals surface area contributed by atoms with Crippen molar-refractivity contribution in [1.82, 2.24) is 0 Å².